The molecule has 0 aromatic heterocycles. The molecule has 1 aliphatic heterocycles. The van der Waals surface area contributed by atoms with Crippen LogP contribution in [-0.4, -0.2) is 29.7 Å². The van der Waals surface area contributed by atoms with Crippen LogP contribution in [0.2, 0.25) is 0 Å². The van der Waals surface area contributed by atoms with Gasteiger partial charge < -0.3 is 5.73 Å². The highest BCUT2D eigenvalue weighted by molar-refractivity contribution is 7.98. The standard InChI is InChI=1S/C9H19N3S/c1-8-3-5-12(6-4-8)9(2)13-11-7-10/h7-9H,3-6H2,1-2H3,(H2,10,11). The van der Waals surface area contributed by atoms with E-state index in [4.69, 9.17) is 5.73 Å². The van der Waals surface area contributed by atoms with Gasteiger partial charge in [-0.2, -0.15) is 0 Å². The van der Waals surface area contributed by atoms with Gasteiger partial charge in [0, 0.05) is 0 Å². The zero-order valence-electron chi connectivity index (χ0n) is 8.44. The van der Waals surface area contributed by atoms with Gasteiger partial charge in [-0.3, -0.25) is 4.90 Å². The van der Waals surface area contributed by atoms with Crippen molar-refractivity contribution >= 4 is 18.3 Å². The summed E-state index contributed by atoms with van der Waals surface area (Å²) in [5.41, 5.74) is 5.20. The van der Waals surface area contributed by atoms with Crippen LogP contribution < -0.4 is 5.73 Å². The number of rotatable bonds is 3. The first-order valence-electron chi connectivity index (χ1n) is 4.87. The topological polar surface area (TPSA) is 41.6 Å². The van der Waals surface area contributed by atoms with Crippen molar-refractivity contribution in [2.45, 2.75) is 32.1 Å². The second-order valence-electron chi connectivity index (χ2n) is 3.68. The normalized spacial score (nSPS) is 23.8. The average Bonchev–Trinajstić information content (AvgIpc) is 2.15. The first-order valence-corrected chi connectivity index (χ1v) is 5.71. The molecule has 0 amide bonds. The molecule has 3 nitrogen and oxygen atoms in total. The van der Waals surface area contributed by atoms with Crippen molar-refractivity contribution in [1.82, 2.24) is 4.90 Å². The van der Waals surface area contributed by atoms with Crippen LogP contribution >= 0.6 is 11.9 Å². The molecular weight excluding hydrogens is 182 g/mol. The summed E-state index contributed by atoms with van der Waals surface area (Å²) in [5, 5.41) is 0.465. The Balaban J connectivity index is 2.27. The van der Waals surface area contributed by atoms with Gasteiger partial charge in [-0.15, -0.1) is 0 Å². The Labute approximate surface area is 84.9 Å². The lowest BCUT2D eigenvalue weighted by atomic mass is 9.99. The maximum atomic E-state index is 5.20. The van der Waals surface area contributed by atoms with Gasteiger partial charge in [0.05, 0.1) is 11.7 Å². The van der Waals surface area contributed by atoms with Crippen molar-refractivity contribution in [3.63, 3.8) is 0 Å². The molecule has 1 aliphatic rings. The van der Waals surface area contributed by atoms with Gasteiger partial charge in [0.15, 0.2) is 0 Å². The maximum Gasteiger partial charge on any atom is 0.0938 e. The molecule has 4 heteroatoms. The summed E-state index contributed by atoms with van der Waals surface area (Å²) < 4.78 is 3.99. The van der Waals surface area contributed by atoms with Gasteiger partial charge in [0.25, 0.3) is 0 Å². The summed E-state index contributed by atoms with van der Waals surface area (Å²) in [7, 11) is 0. The molecule has 0 radical (unpaired) electrons. The van der Waals surface area contributed by atoms with E-state index in [0.29, 0.717) is 5.37 Å². The molecular formula is C9H19N3S. The van der Waals surface area contributed by atoms with Crippen LogP contribution in [0.15, 0.2) is 4.40 Å². The van der Waals surface area contributed by atoms with Crippen molar-refractivity contribution in [2.75, 3.05) is 13.1 Å². The predicted molar refractivity (Wildman–Crippen MR) is 59.7 cm³/mol. The van der Waals surface area contributed by atoms with Gasteiger partial charge in [0.2, 0.25) is 0 Å². The quantitative estimate of drug-likeness (QED) is 0.429. The lowest BCUT2D eigenvalue weighted by molar-refractivity contribution is 0.187. The zero-order chi connectivity index (χ0) is 9.68. The summed E-state index contributed by atoms with van der Waals surface area (Å²) in [6.45, 7) is 6.92. The zero-order valence-corrected chi connectivity index (χ0v) is 9.26. The van der Waals surface area contributed by atoms with Crippen LogP contribution in [0.25, 0.3) is 0 Å². The summed E-state index contributed by atoms with van der Waals surface area (Å²) in [6.07, 6.45) is 4.00. The Bertz CT molecular complexity index is 164. The van der Waals surface area contributed by atoms with Gasteiger partial charge in [-0.25, -0.2) is 4.40 Å². The SMILES string of the molecule is CC1CCN(C(C)S/N=C\N)CC1. The molecule has 1 saturated heterocycles. The van der Waals surface area contributed by atoms with Crippen LogP contribution in [-0.2, 0) is 0 Å². The lowest BCUT2D eigenvalue weighted by Crippen LogP contribution is -2.37. The minimum Gasteiger partial charge on any atom is -0.389 e. The van der Waals surface area contributed by atoms with E-state index in [1.807, 2.05) is 0 Å². The largest absolute Gasteiger partial charge is 0.389 e. The Morgan fingerprint density at radius 2 is 2.15 bits per heavy atom. The third-order valence-corrected chi connectivity index (χ3v) is 3.45. The molecule has 0 bridgehead atoms. The third-order valence-electron chi connectivity index (χ3n) is 2.61. The van der Waals surface area contributed by atoms with E-state index in [2.05, 4.69) is 23.1 Å². The lowest BCUT2D eigenvalue weighted by Gasteiger charge is -2.33. The Kier molecular flexibility index (Phi) is 4.59. The highest BCUT2D eigenvalue weighted by Crippen LogP contribution is 2.23. The first kappa shape index (κ1) is 10.9. The molecule has 76 valence electrons. The first-order chi connectivity index (χ1) is 6.24. The summed E-state index contributed by atoms with van der Waals surface area (Å²) >= 11 is 1.55. The molecule has 0 aromatic carbocycles. The third kappa shape index (κ3) is 3.56. The number of likely N-dealkylation sites (tertiary alicyclic amines) is 1. The molecule has 0 saturated carbocycles. The molecule has 0 spiro atoms. The van der Waals surface area contributed by atoms with Gasteiger partial charge in [0.1, 0.15) is 0 Å². The van der Waals surface area contributed by atoms with Gasteiger partial charge in [-0.1, -0.05) is 6.92 Å². The van der Waals surface area contributed by atoms with Crippen molar-refractivity contribution < 1.29 is 0 Å². The number of nitrogens with two attached hydrogens (primary N) is 1. The smallest absolute Gasteiger partial charge is 0.0938 e. The maximum absolute atomic E-state index is 5.20. The van der Waals surface area contributed by atoms with Crippen LogP contribution in [0.1, 0.15) is 26.7 Å². The van der Waals surface area contributed by atoms with Crippen LogP contribution in [0.5, 0.6) is 0 Å². The minimum absolute atomic E-state index is 0.465. The minimum atomic E-state index is 0.465. The van der Waals surface area contributed by atoms with E-state index in [1.165, 1.54) is 32.3 Å². The molecule has 1 unspecified atom stereocenters. The van der Waals surface area contributed by atoms with Crippen LogP contribution in [0.3, 0.4) is 0 Å². The molecule has 0 aromatic rings. The summed E-state index contributed by atoms with van der Waals surface area (Å²) in [6, 6.07) is 0. The van der Waals surface area contributed by atoms with E-state index < -0.39 is 0 Å². The molecule has 1 atom stereocenters. The monoisotopic (exact) mass is 201 g/mol. The predicted octanol–water partition coefficient (Wildman–Crippen LogP) is 1.70. The summed E-state index contributed by atoms with van der Waals surface area (Å²) in [4.78, 5) is 2.47. The molecule has 0 aliphatic carbocycles. The van der Waals surface area contributed by atoms with Crippen molar-refractivity contribution in [1.29, 1.82) is 0 Å². The fourth-order valence-electron chi connectivity index (χ4n) is 1.58. The van der Waals surface area contributed by atoms with Crippen molar-refractivity contribution in [3.05, 3.63) is 0 Å². The molecule has 1 rings (SSSR count). The Morgan fingerprint density at radius 3 is 2.69 bits per heavy atom. The van der Waals surface area contributed by atoms with E-state index in [9.17, 15) is 0 Å². The fourth-order valence-corrected chi connectivity index (χ4v) is 2.17. The number of piperidine rings is 1. The van der Waals surface area contributed by atoms with E-state index in [0.717, 1.165) is 5.92 Å². The van der Waals surface area contributed by atoms with E-state index in [1.54, 1.807) is 11.9 Å². The number of nitrogens with zero attached hydrogens (tertiary/aromatic N) is 2. The Hall–Kier alpha value is -0.220. The highest BCUT2D eigenvalue weighted by Gasteiger charge is 2.20. The molecule has 1 fully saturated rings. The average molecular weight is 201 g/mol. The number of hydrogen-bond acceptors (Lipinski definition) is 3. The van der Waals surface area contributed by atoms with Crippen molar-refractivity contribution in [3.8, 4) is 0 Å². The van der Waals surface area contributed by atoms with E-state index >= 15 is 0 Å². The molecule has 2 N–H and O–H groups in total. The second-order valence-corrected chi connectivity index (χ2v) is 4.78. The molecule has 1 heterocycles. The highest BCUT2D eigenvalue weighted by atomic mass is 32.2. The molecule has 13 heavy (non-hydrogen) atoms. The van der Waals surface area contributed by atoms with Crippen LogP contribution in [0.4, 0.5) is 0 Å². The Morgan fingerprint density at radius 1 is 1.54 bits per heavy atom. The van der Waals surface area contributed by atoms with Gasteiger partial charge >= 0.3 is 0 Å². The van der Waals surface area contributed by atoms with E-state index in [-0.39, 0.29) is 0 Å². The summed E-state index contributed by atoms with van der Waals surface area (Å²) in [5.74, 6) is 0.895. The fraction of sp³-hybridized carbons (Fsp3) is 0.889. The second kappa shape index (κ2) is 5.50. The van der Waals surface area contributed by atoms with Crippen LogP contribution in [0, 0.1) is 5.92 Å². The van der Waals surface area contributed by atoms with Gasteiger partial charge in [-0.05, 0) is 50.7 Å². The van der Waals surface area contributed by atoms with Crippen molar-refractivity contribution in [2.24, 2.45) is 16.0 Å². The number of hydrogen-bond donors (Lipinski definition) is 1.